The predicted molar refractivity (Wildman–Crippen MR) is 133 cm³/mol. The standard InChI is InChI=1S/C28H31NO5/c1-28(2,3)34-27(31)25(19-20-9-7-6-8-10-20)26(30)29(21-11-15-23(32-4)16-12-21)22-13-17-24(33-5)18-14-22/h6-18,25H,19H2,1-5H3/t25-/m0/s1. The number of rotatable bonds is 8. The summed E-state index contributed by atoms with van der Waals surface area (Å²) < 4.78 is 16.2. The van der Waals surface area contributed by atoms with Gasteiger partial charge in [0, 0.05) is 11.4 Å². The smallest absolute Gasteiger partial charge is 0.319 e. The predicted octanol–water partition coefficient (Wildman–Crippen LogP) is 5.57. The van der Waals surface area contributed by atoms with Crippen molar-refractivity contribution in [3.05, 3.63) is 84.4 Å². The minimum atomic E-state index is -1.04. The van der Waals surface area contributed by atoms with Crippen LogP contribution in [0, 0.1) is 5.92 Å². The lowest BCUT2D eigenvalue weighted by Crippen LogP contribution is -2.41. The first-order chi connectivity index (χ1) is 16.2. The molecule has 1 amide bonds. The highest BCUT2D eigenvalue weighted by molar-refractivity contribution is 6.10. The van der Waals surface area contributed by atoms with Gasteiger partial charge in [-0.25, -0.2) is 0 Å². The zero-order valence-corrected chi connectivity index (χ0v) is 20.3. The van der Waals surface area contributed by atoms with Crippen molar-refractivity contribution in [3.63, 3.8) is 0 Å². The average Bonchev–Trinajstić information content (AvgIpc) is 2.83. The first kappa shape index (κ1) is 24.8. The zero-order valence-electron chi connectivity index (χ0n) is 20.3. The van der Waals surface area contributed by atoms with Gasteiger partial charge >= 0.3 is 5.97 Å². The zero-order chi connectivity index (χ0) is 24.7. The largest absolute Gasteiger partial charge is 0.497 e. The van der Waals surface area contributed by atoms with E-state index in [9.17, 15) is 9.59 Å². The summed E-state index contributed by atoms with van der Waals surface area (Å²) in [5.41, 5.74) is 1.36. The molecule has 0 unspecified atom stereocenters. The molecule has 0 bridgehead atoms. The molecule has 6 nitrogen and oxygen atoms in total. The normalized spacial score (nSPS) is 11.9. The Morgan fingerprint density at radius 2 is 1.24 bits per heavy atom. The van der Waals surface area contributed by atoms with Gasteiger partial charge in [-0.2, -0.15) is 0 Å². The molecule has 0 N–H and O–H groups in total. The summed E-state index contributed by atoms with van der Waals surface area (Å²) in [7, 11) is 3.17. The number of ether oxygens (including phenoxy) is 3. The summed E-state index contributed by atoms with van der Waals surface area (Å²) in [6.07, 6.45) is 0.220. The van der Waals surface area contributed by atoms with Crippen molar-refractivity contribution in [3.8, 4) is 11.5 Å². The number of benzene rings is 3. The minimum absolute atomic E-state index is 0.220. The maximum absolute atomic E-state index is 14.0. The summed E-state index contributed by atoms with van der Waals surface area (Å²) in [6.45, 7) is 5.37. The number of hydrogen-bond acceptors (Lipinski definition) is 5. The number of esters is 1. The molecule has 3 rings (SSSR count). The maximum Gasteiger partial charge on any atom is 0.319 e. The lowest BCUT2D eigenvalue weighted by Gasteiger charge is -2.29. The summed E-state index contributed by atoms with van der Waals surface area (Å²) in [5, 5.41) is 0. The first-order valence-electron chi connectivity index (χ1n) is 11.1. The van der Waals surface area contributed by atoms with E-state index in [0.29, 0.717) is 22.9 Å². The SMILES string of the molecule is COc1ccc(N(C(=O)[C@H](Cc2ccccc2)C(=O)OC(C)(C)C)c2ccc(OC)cc2)cc1. The van der Waals surface area contributed by atoms with E-state index < -0.39 is 17.5 Å². The van der Waals surface area contributed by atoms with Crippen LogP contribution < -0.4 is 14.4 Å². The van der Waals surface area contributed by atoms with Gasteiger partial charge in [-0.3, -0.25) is 14.5 Å². The molecule has 0 aliphatic rings. The Labute approximate surface area is 201 Å². The summed E-state index contributed by atoms with van der Waals surface area (Å²) in [4.78, 5) is 28.8. The molecule has 3 aromatic carbocycles. The van der Waals surface area contributed by atoms with Gasteiger partial charge in [0.2, 0.25) is 5.91 Å². The molecule has 178 valence electrons. The minimum Gasteiger partial charge on any atom is -0.497 e. The lowest BCUT2D eigenvalue weighted by atomic mass is 9.96. The van der Waals surface area contributed by atoms with Crippen molar-refractivity contribution in [1.82, 2.24) is 0 Å². The molecule has 0 aliphatic heterocycles. The van der Waals surface area contributed by atoms with Crippen LogP contribution in [0.1, 0.15) is 26.3 Å². The fourth-order valence-corrected chi connectivity index (χ4v) is 3.52. The van der Waals surface area contributed by atoms with Crippen molar-refractivity contribution in [2.24, 2.45) is 5.92 Å². The van der Waals surface area contributed by atoms with Crippen LogP contribution in [-0.2, 0) is 20.7 Å². The van der Waals surface area contributed by atoms with Gasteiger partial charge < -0.3 is 14.2 Å². The molecule has 1 atom stereocenters. The van der Waals surface area contributed by atoms with Gasteiger partial charge in [0.15, 0.2) is 0 Å². The summed E-state index contributed by atoms with van der Waals surface area (Å²) >= 11 is 0. The molecule has 6 heteroatoms. The Morgan fingerprint density at radius 1 is 0.765 bits per heavy atom. The maximum atomic E-state index is 14.0. The third-order valence-electron chi connectivity index (χ3n) is 5.15. The van der Waals surface area contributed by atoms with Crippen LogP contribution >= 0.6 is 0 Å². The molecule has 0 saturated carbocycles. The Kier molecular flexibility index (Phi) is 7.95. The second-order valence-corrected chi connectivity index (χ2v) is 8.85. The molecule has 0 saturated heterocycles. The van der Waals surface area contributed by atoms with Gasteiger partial charge in [-0.15, -0.1) is 0 Å². The van der Waals surface area contributed by atoms with E-state index in [1.165, 1.54) is 4.90 Å². The van der Waals surface area contributed by atoms with E-state index in [-0.39, 0.29) is 12.3 Å². The first-order valence-corrected chi connectivity index (χ1v) is 11.1. The Morgan fingerprint density at radius 3 is 1.65 bits per heavy atom. The van der Waals surface area contributed by atoms with Crippen molar-refractivity contribution >= 4 is 23.3 Å². The average molecular weight is 462 g/mol. The fourth-order valence-electron chi connectivity index (χ4n) is 3.52. The van der Waals surface area contributed by atoms with Crippen LogP contribution in [-0.4, -0.2) is 31.7 Å². The number of anilines is 2. The highest BCUT2D eigenvalue weighted by Crippen LogP contribution is 2.32. The quantitative estimate of drug-likeness (QED) is 0.324. The van der Waals surface area contributed by atoms with Crippen LogP contribution in [0.4, 0.5) is 11.4 Å². The molecule has 0 aliphatic carbocycles. The van der Waals surface area contributed by atoms with E-state index in [4.69, 9.17) is 14.2 Å². The van der Waals surface area contributed by atoms with E-state index in [0.717, 1.165) is 5.56 Å². The second-order valence-electron chi connectivity index (χ2n) is 8.85. The molecule has 34 heavy (non-hydrogen) atoms. The van der Waals surface area contributed by atoms with Crippen LogP contribution in [0.2, 0.25) is 0 Å². The highest BCUT2D eigenvalue weighted by atomic mass is 16.6. The summed E-state index contributed by atoms with van der Waals surface area (Å²) in [6, 6.07) is 23.7. The molecule has 0 radical (unpaired) electrons. The van der Waals surface area contributed by atoms with Gasteiger partial charge in [-0.1, -0.05) is 30.3 Å². The number of methoxy groups -OCH3 is 2. The third-order valence-corrected chi connectivity index (χ3v) is 5.15. The van der Waals surface area contributed by atoms with E-state index in [1.807, 2.05) is 30.3 Å². The molecular weight excluding hydrogens is 430 g/mol. The van der Waals surface area contributed by atoms with Crippen LogP contribution in [0.25, 0.3) is 0 Å². The van der Waals surface area contributed by atoms with Gasteiger partial charge in [0.1, 0.15) is 23.0 Å². The van der Waals surface area contributed by atoms with Crippen molar-refractivity contribution in [2.45, 2.75) is 32.8 Å². The molecule has 0 fully saturated rings. The van der Waals surface area contributed by atoms with Crippen molar-refractivity contribution < 1.29 is 23.8 Å². The Hall–Kier alpha value is -3.80. The number of hydrogen-bond donors (Lipinski definition) is 0. The molecule has 0 aromatic heterocycles. The van der Waals surface area contributed by atoms with E-state index in [2.05, 4.69) is 0 Å². The van der Waals surface area contributed by atoms with Gasteiger partial charge in [0.05, 0.1) is 14.2 Å². The van der Waals surface area contributed by atoms with Crippen LogP contribution in [0.15, 0.2) is 78.9 Å². The van der Waals surface area contributed by atoms with Gasteiger partial charge in [0.25, 0.3) is 0 Å². The molecule has 0 spiro atoms. The number of amides is 1. The fraction of sp³-hybridized carbons (Fsp3) is 0.286. The number of carbonyl (C=O) groups is 2. The topological polar surface area (TPSA) is 65.1 Å². The lowest BCUT2D eigenvalue weighted by molar-refractivity contribution is -0.161. The molecule has 3 aromatic rings. The second kappa shape index (κ2) is 10.9. The molecule has 0 heterocycles. The van der Waals surface area contributed by atoms with E-state index in [1.54, 1.807) is 83.5 Å². The monoisotopic (exact) mass is 461 g/mol. The Balaban J connectivity index is 2.06. The Bertz CT molecular complexity index is 1040. The van der Waals surface area contributed by atoms with E-state index >= 15 is 0 Å². The number of nitrogens with zero attached hydrogens (tertiary/aromatic N) is 1. The third kappa shape index (κ3) is 6.38. The summed E-state index contributed by atoms with van der Waals surface area (Å²) in [5.74, 6) is -0.648. The van der Waals surface area contributed by atoms with Crippen molar-refractivity contribution in [2.75, 3.05) is 19.1 Å². The van der Waals surface area contributed by atoms with Gasteiger partial charge in [-0.05, 0) is 81.3 Å². The van der Waals surface area contributed by atoms with Crippen LogP contribution in [0.5, 0.6) is 11.5 Å². The molecular formula is C28H31NO5. The van der Waals surface area contributed by atoms with Crippen molar-refractivity contribution in [1.29, 1.82) is 0 Å². The van der Waals surface area contributed by atoms with Crippen LogP contribution in [0.3, 0.4) is 0 Å². The number of carbonyl (C=O) groups excluding carboxylic acids is 2. The highest BCUT2D eigenvalue weighted by Gasteiger charge is 2.36.